The van der Waals surface area contributed by atoms with E-state index in [0.717, 1.165) is 30.8 Å². The van der Waals surface area contributed by atoms with E-state index in [1.54, 1.807) is 13.2 Å². The molecule has 104 valence electrons. The molecule has 0 N–H and O–H groups in total. The van der Waals surface area contributed by atoms with Crippen molar-refractivity contribution >= 4 is 5.78 Å². The van der Waals surface area contributed by atoms with E-state index < -0.39 is 0 Å². The number of ketones is 1. The van der Waals surface area contributed by atoms with Gasteiger partial charge in [0.05, 0.1) is 7.11 Å². The third-order valence-corrected chi connectivity index (χ3v) is 5.32. The maximum absolute atomic E-state index is 12.3. The Morgan fingerprint density at radius 1 is 1.45 bits per heavy atom. The monoisotopic (exact) mass is 270 g/mol. The lowest BCUT2D eigenvalue weighted by Crippen LogP contribution is -2.51. The van der Waals surface area contributed by atoms with Gasteiger partial charge in [-0.3, -0.25) is 4.79 Å². The van der Waals surface area contributed by atoms with Crippen LogP contribution >= 0.6 is 0 Å². The Labute approximate surface area is 118 Å². The Morgan fingerprint density at radius 2 is 2.30 bits per heavy atom. The molecule has 0 aromatic heterocycles. The predicted molar refractivity (Wildman–Crippen MR) is 75.3 cm³/mol. The zero-order chi connectivity index (χ0) is 13.9. The van der Waals surface area contributed by atoms with Gasteiger partial charge in [-0.15, -0.1) is 0 Å². The van der Waals surface area contributed by atoms with Crippen LogP contribution in [0.15, 0.2) is 24.3 Å². The summed E-state index contributed by atoms with van der Waals surface area (Å²) in [6.45, 7) is 2.17. The van der Waals surface area contributed by atoms with Gasteiger partial charge in [0, 0.05) is 11.0 Å². The van der Waals surface area contributed by atoms with Crippen LogP contribution in [-0.4, -0.2) is 19.0 Å². The molecule has 20 heavy (non-hydrogen) atoms. The fourth-order valence-corrected chi connectivity index (χ4v) is 4.41. The molecule has 1 aromatic carbocycles. The Morgan fingerprint density at radius 3 is 3.05 bits per heavy atom. The number of rotatable bonds is 2. The number of hydrogen-bond donors (Lipinski definition) is 0. The lowest BCUT2D eigenvalue weighted by atomic mass is 9.57. The summed E-state index contributed by atoms with van der Waals surface area (Å²) in [6, 6.07) is 4.10. The summed E-state index contributed by atoms with van der Waals surface area (Å²) in [4.78, 5) is 12.3. The molecule has 0 saturated heterocycles. The number of aryl methyl sites for hydroxylation is 1. The quantitative estimate of drug-likeness (QED) is 0.829. The summed E-state index contributed by atoms with van der Waals surface area (Å²) in [5, 5.41) is 0. The average molecular weight is 270 g/mol. The normalized spacial score (nSPS) is 32.8. The topological polar surface area (TPSA) is 35.5 Å². The minimum absolute atomic E-state index is 0.0919. The van der Waals surface area contributed by atoms with Gasteiger partial charge in [0.25, 0.3) is 0 Å². The second-order valence-electron chi connectivity index (χ2n) is 5.93. The Bertz CT molecular complexity index is 631. The first-order chi connectivity index (χ1) is 9.72. The second-order valence-corrected chi connectivity index (χ2v) is 5.93. The Hall–Kier alpha value is -1.77. The van der Waals surface area contributed by atoms with E-state index >= 15 is 0 Å². The van der Waals surface area contributed by atoms with E-state index in [-0.39, 0.29) is 17.3 Å². The van der Waals surface area contributed by atoms with Crippen molar-refractivity contribution in [1.29, 1.82) is 0 Å². The van der Waals surface area contributed by atoms with E-state index in [9.17, 15) is 4.79 Å². The highest BCUT2D eigenvalue weighted by Gasteiger charge is 2.59. The van der Waals surface area contributed by atoms with Gasteiger partial charge in [-0.25, -0.2) is 0 Å². The number of carbonyl (C=O) groups excluding carboxylic acids is 1. The maximum Gasteiger partial charge on any atom is 0.196 e. The maximum atomic E-state index is 12.3. The molecule has 0 radical (unpaired) electrons. The van der Waals surface area contributed by atoms with Crippen LogP contribution in [0.1, 0.15) is 30.9 Å². The molecule has 2 aliphatic carbocycles. The highest BCUT2D eigenvalue weighted by molar-refractivity contribution is 5.98. The minimum Gasteiger partial charge on any atom is -0.493 e. The standard InChI is InChI=1S/C17H18O3/c1-3-17-11-6-4-10-5-9-13(19-2)15(14(10)17)20-16(17)12(18)8-7-11/h5,7-9,11,16H,3-4,6H2,1-2H3/t11?,16-,17-/m0/s1. The van der Waals surface area contributed by atoms with E-state index in [4.69, 9.17) is 9.47 Å². The number of allylic oxidation sites excluding steroid dienone is 1. The molecular formula is C17H18O3. The Kier molecular flexibility index (Phi) is 2.33. The molecule has 4 rings (SSSR count). The smallest absolute Gasteiger partial charge is 0.196 e. The third-order valence-electron chi connectivity index (χ3n) is 5.32. The molecule has 1 aromatic rings. The summed E-state index contributed by atoms with van der Waals surface area (Å²) in [7, 11) is 1.66. The van der Waals surface area contributed by atoms with Crippen LogP contribution in [0.2, 0.25) is 0 Å². The SMILES string of the molecule is CC[C@]12c3c4ccc(OC)c3O[C@H]1C(=O)C=CC2CC4. The van der Waals surface area contributed by atoms with Crippen LogP contribution in [0.5, 0.6) is 11.5 Å². The van der Waals surface area contributed by atoms with Crippen molar-refractivity contribution in [2.75, 3.05) is 7.11 Å². The van der Waals surface area contributed by atoms with Crippen molar-refractivity contribution in [3.8, 4) is 11.5 Å². The molecule has 3 aliphatic rings. The van der Waals surface area contributed by atoms with Crippen molar-refractivity contribution in [1.82, 2.24) is 0 Å². The molecule has 0 fully saturated rings. The molecule has 3 nitrogen and oxygen atoms in total. The molecule has 3 atom stereocenters. The predicted octanol–water partition coefficient (Wildman–Crippen LogP) is 2.81. The number of methoxy groups -OCH3 is 1. The molecule has 1 aliphatic heterocycles. The van der Waals surface area contributed by atoms with E-state index in [2.05, 4.69) is 19.1 Å². The van der Waals surface area contributed by atoms with Gasteiger partial charge in [-0.05, 0) is 42.9 Å². The molecule has 0 amide bonds. The fraction of sp³-hybridized carbons (Fsp3) is 0.471. The van der Waals surface area contributed by atoms with Crippen molar-refractivity contribution in [3.63, 3.8) is 0 Å². The van der Waals surface area contributed by atoms with Gasteiger partial charge in [0.2, 0.25) is 0 Å². The summed E-state index contributed by atoms with van der Waals surface area (Å²) in [5.74, 6) is 2.04. The minimum atomic E-state index is -0.368. The van der Waals surface area contributed by atoms with E-state index in [1.807, 2.05) is 6.07 Å². The van der Waals surface area contributed by atoms with Crippen molar-refractivity contribution in [2.24, 2.45) is 5.92 Å². The first-order valence-corrected chi connectivity index (χ1v) is 7.31. The van der Waals surface area contributed by atoms with Gasteiger partial charge in [-0.2, -0.15) is 0 Å². The number of ether oxygens (including phenoxy) is 2. The lowest BCUT2D eigenvalue weighted by molar-refractivity contribution is -0.125. The van der Waals surface area contributed by atoms with Crippen LogP contribution in [0.4, 0.5) is 0 Å². The molecule has 0 bridgehead atoms. The number of carbonyl (C=O) groups is 1. The summed E-state index contributed by atoms with van der Waals surface area (Å²) in [6.07, 6.45) is 6.51. The van der Waals surface area contributed by atoms with Crippen LogP contribution in [0.25, 0.3) is 0 Å². The zero-order valence-electron chi connectivity index (χ0n) is 11.8. The van der Waals surface area contributed by atoms with Gasteiger partial charge >= 0.3 is 0 Å². The van der Waals surface area contributed by atoms with E-state index in [1.165, 1.54) is 11.1 Å². The van der Waals surface area contributed by atoms with Gasteiger partial charge < -0.3 is 9.47 Å². The summed E-state index contributed by atoms with van der Waals surface area (Å²) < 4.78 is 11.6. The summed E-state index contributed by atoms with van der Waals surface area (Å²) in [5.41, 5.74) is 2.38. The van der Waals surface area contributed by atoms with E-state index in [0.29, 0.717) is 5.92 Å². The van der Waals surface area contributed by atoms with Crippen molar-refractivity contribution in [2.45, 2.75) is 37.7 Å². The van der Waals surface area contributed by atoms with Crippen LogP contribution in [0, 0.1) is 5.92 Å². The molecule has 1 heterocycles. The summed E-state index contributed by atoms with van der Waals surface area (Å²) >= 11 is 0. The van der Waals surface area contributed by atoms with Gasteiger partial charge in [0.1, 0.15) is 0 Å². The van der Waals surface area contributed by atoms with Gasteiger partial charge in [0.15, 0.2) is 23.4 Å². The number of benzene rings is 1. The lowest BCUT2D eigenvalue weighted by Gasteiger charge is -2.44. The fourth-order valence-electron chi connectivity index (χ4n) is 4.41. The Balaban J connectivity index is 2.04. The average Bonchev–Trinajstić information content (AvgIpc) is 2.85. The molecular weight excluding hydrogens is 252 g/mol. The third kappa shape index (κ3) is 1.19. The highest BCUT2D eigenvalue weighted by Crippen LogP contribution is 2.59. The molecule has 0 spiro atoms. The van der Waals surface area contributed by atoms with Crippen LogP contribution in [-0.2, 0) is 16.6 Å². The second kappa shape index (κ2) is 3.87. The van der Waals surface area contributed by atoms with Crippen molar-refractivity contribution < 1.29 is 14.3 Å². The van der Waals surface area contributed by atoms with Crippen molar-refractivity contribution in [3.05, 3.63) is 35.4 Å². The largest absolute Gasteiger partial charge is 0.493 e. The van der Waals surface area contributed by atoms with Crippen LogP contribution < -0.4 is 9.47 Å². The molecule has 1 unspecified atom stereocenters. The van der Waals surface area contributed by atoms with Crippen LogP contribution in [0.3, 0.4) is 0 Å². The zero-order valence-corrected chi connectivity index (χ0v) is 11.8. The molecule has 3 heteroatoms. The first kappa shape index (κ1) is 12.0. The highest BCUT2D eigenvalue weighted by atomic mass is 16.5. The number of hydrogen-bond acceptors (Lipinski definition) is 3. The molecule has 0 saturated carbocycles. The first-order valence-electron chi connectivity index (χ1n) is 7.31. The van der Waals surface area contributed by atoms with Gasteiger partial charge in [-0.1, -0.05) is 19.1 Å².